The highest BCUT2D eigenvalue weighted by atomic mass is 16.3. The van der Waals surface area contributed by atoms with Gasteiger partial charge in [0.05, 0.1) is 12.1 Å². The Morgan fingerprint density at radius 1 is 1.32 bits per heavy atom. The van der Waals surface area contributed by atoms with Crippen LogP contribution < -0.4 is 5.32 Å². The number of aliphatic hydroxyl groups is 1. The van der Waals surface area contributed by atoms with Crippen LogP contribution in [0.5, 0.6) is 0 Å². The predicted octanol–water partition coefficient (Wildman–Crippen LogP) is -0.346. The molecule has 0 unspecified atom stereocenters. The van der Waals surface area contributed by atoms with Gasteiger partial charge >= 0.3 is 0 Å². The summed E-state index contributed by atoms with van der Waals surface area (Å²) < 4.78 is 0. The Balaban J connectivity index is 1.46. The first-order valence-electron chi connectivity index (χ1n) is 7.53. The zero-order valence-electron chi connectivity index (χ0n) is 11.8. The van der Waals surface area contributed by atoms with E-state index in [0.717, 1.165) is 45.7 Å². The number of piperidine rings is 1. The number of β-amino-alcohol motifs (C(OH)–C–C–N with tert-alkyl or cyclic N) is 1. The maximum absolute atomic E-state index is 12.0. The number of hydrogen-bond donors (Lipinski definition) is 2. The molecule has 2 N–H and O–H groups in total. The van der Waals surface area contributed by atoms with Gasteiger partial charge in [-0.05, 0) is 38.1 Å². The van der Waals surface area contributed by atoms with Crippen LogP contribution in [0.2, 0.25) is 0 Å². The van der Waals surface area contributed by atoms with Gasteiger partial charge in [0, 0.05) is 32.7 Å². The lowest BCUT2D eigenvalue weighted by molar-refractivity contribution is -0.135. The molecular weight excluding hydrogens is 242 g/mol. The Morgan fingerprint density at radius 3 is 2.79 bits per heavy atom. The van der Waals surface area contributed by atoms with Gasteiger partial charge in [-0.2, -0.15) is 0 Å². The topological polar surface area (TPSA) is 55.8 Å². The van der Waals surface area contributed by atoms with Crippen molar-refractivity contribution in [3.8, 4) is 0 Å². The molecule has 19 heavy (non-hydrogen) atoms. The van der Waals surface area contributed by atoms with E-state index in [1.807, 2.05) is 11.8 Å². The number of carbonyl (C=O) groups excluding carboxylic acids is 1. The molecule has 3 rings (SSSR count). The monoisotopic (exact) mass is 267 g/mol. The maximum atomic E-state index is 12.0. The summed E-state index contributed by atoms with van der Waals surface area (Å²) in [5.74, 6) is 0.211. The highest BCUT2D eigenvalue weighted by molar-refractivity contribution is 5.82. The van der Waals surface area contributed by atoms with Crippen molar-refractivity contribution in [2.45, 2.75) is 38.3 Å². The van der Waals surface area contributed by atoms with E-state index in [0.29, 0.717) is 0 Å². The fourth-order valence-electron chi connectivity index (χ4n) is 3.40. The van der Waals surface area contributed by atoms with Crippen molar-refractivity contribution >= 4 is 5.91 Å². The molecule has 3 aliphatic rings. The average molecular weight is 267 g/mol. The van der Waals surface area contributed by atoms with E-state index in [-0.39, 0.29) is 23.5 Å². The van der Waals surface area contributed by atoms with Crippen molar-refractivity contribution < 1.29 is 9.90 Å². The largest absolute Gasteiger partial charge is 0.391 e. The predicted molar refractivity (Wildman–Crippen MR) is 72.8 cm³/mol. The molecule has 2 saturated heterocycles. The summed E-state index contributed by atoms with van der Waals surface area (Å²) in [6.45, 7) is 7.18. The summed E-state index contributed by atoms with van der Waals surface area (Å²) in [4.78, 5) is 16.2. The first kappa shape index (κ1) is 13.3. The summed E-state index contributed by atoms with van der Waals surface area (Å²) in [6, 6.07) is -0.0459. The van der Waals surface area contributed by atoms with E-state index >= 15 is 0 Å². The molecule has 3 fully saturated rings. The Morgan fingerprint density at radius 2 is 2.11 bits per heavy atom. The molecule has 0 radical (unpaired) electrons. The molecule has 2 atom stereocenters. The molecule has 2 heterocycles. The standard InChI is InChI=1S/C14H25N3O2/c1-11-13(19)17(7-5-15-11)9-8-16-6-4-14(2-3-14)12(18)10-16/h11-12,15,18H,2-10H2,1H3/t11-,12+/m0/s1. The number of aliphatic hydroxyl groups excluding tert-OH is 1. The number of amides is 1. The second-order valence-corrected chi connectivity index (χ2v) is 6.43. The van der Waals surface area contributed by atoms with Gasteiger partial charge in [-0.25, -0.2) is 0 Å². The molecule has 0 aromatic heterocycles. The first-order valence-corrected chi connectivity index (χ1v) is 7.53. The third-order valence-corrected chi connectivity index (χ3v) is 5.16. The number of carbonyl (C=O) groups is 1. The van der Waals surface area contributed by atoms with Gasteiger partial charge < -0.3 is 15.3 Å². The highest BCUT2D eigenvalue weighted by Crippen LogP contribution is 2.53. The summed E-state index contributed by atoms with van der Waals surface area (Å²) in [6.07, 6.45) is 3.38. The molecule has 0 bridgehead atoms. The Kier molecular flexibility index (Phi) is 3.53. The number of nitrogens with one attached hydrogen (secondary N) is 1. The van der Waals surface area contributed by atoms with Gasteiger partial charge in [-0.1, -0.05) is 0 Å². The summed E-state index contributed by atoms with van der Waals surface area (Å²) >= 11 is 0. The number of piperazine rings is 1. The van der Waals surface area contributed by atoms with Crippen molar-refractivity contribution in [1.82, 2.24) is 15.1 Å². The van der Waals surface area contributed by atoms with E-state index in [1.54, 1.807) is 0 Å². The van der Waals surface area contributed by atoms with Crippen LogP contribution in [0.3, 0.4) is 0 Å². The van der Waals surface area contributed by atoms with E-state index in [9.17, 15) is 9.90 Å². The van der Waals surface area contributed by atoms with Crippen LogP contribution in [0.1, 0.15) is 26.2 Å². The fraction of sp³-hybridized carbons (Fsp3) is 0.929. The van der Waals surface area contributed by atoms with E-state index in [4.69, 9.17) is 0 Å². The lowest BCUT2D eigenvalue weighted by Gasteiger charge is -2.38. The van der Waals surface area contributed by atoms with Crippen molar-refractivity contribution in [3.05, 3.63) is 0 Å². The summed E-state index contributed by atoms with van der Waals surface area (Å²) in [7, 11) is 0. The van der Waals surface area contributed by atoms with E-state index in [2.05, 4.69) is 10.2 Å². The van der Waals surface area contributed by atoms with Gasteiger partial charge in [0.15, 0.2) is 0 Å². The molecule has 1 aliphatic carbocycles. The van der Waals surface area contributed by atoms with Gasteiger partial charge in [0.2, 0.25) is 5.91 Å². The van der Waals surface area contributed by atoms with Crippen LogP contribution in [0.4, 0.5) is 0 Å². The lowest BCUT2D eigenvalue weighted by Crippen LogP contribution is -2.56. The second kappa shape index (κ2) is 5.04. The van der Waals surface area contributed by atoms with Crippen LogP contribution in [-0.4, -0.2) is 72.2 Å². The second-order valence-electron chi connectivity index (χ2n) is 6.43. The van der Waals surface area contributed by atoms with Gasteiger partial charge in [0.25, 0.3) is 0 Å². The lowest BCUT2D eigenvalue weighted by atomic mass is 9.90. The van der Waals surface area contributed by atoms with Crippen molar-refractivity contribution in [2.75, 3.05) is 39.3 Å². The van der Waals surface area contributed by atoms with Crippen LogP contribution >= 0.6 is 0 Å². The molecule has 1 amide bonds. The normalized spacial score (nSPS) is 34.8. The van der Waals surface area contributed by atoms with Crippen molar-refractivity contribution in [1.29, 1.82) is 0 Å². The van der Waals surface area contributed by atoms with Gasteiger partial charge in [-0.3, -0.25) is 9.69 Å². The first-order chi connectivity index (χ1) is 9.11. The van der Waals surface area contributed by atoms with Gasteiger partial charge in [0.1, 0.15) is 0 Å². The third-order valence-electron chi connectivity index (χ3n) is 5.16. The zero-order chi connectivity index (χ0) is 13.5. The van der Waals surface area contributed by atoms with E-state index < -0.39 is 0 Å². The van der Waals surface area contributed by atoms with Crippen LogP contribution in [0.25, 0.3) is 0 Å². The Labute approximate surface area is 114 Å². The number of hydrogen-bond acceptors (Lipinski definition) is 4. The minimum atomic E-state index is -0.154. The summed E-state index contributed by atoms with van der Waals surface area (Å²) in [5, 5.41) is 13.3. The molecular formula is C14H25N3O2. The fourth-order valence-corrected chi connectivity index (χ4v) is 3.40. The molecule has 1 spiro atoms. The average Bonchev–Trinajstić information content (AvgIpc) is 3.17. The van der Waals surface area contributed by atoms with Crippen molar-refractivity contribution in [3.63, 3.8) is 0 Å². The Hall–Kier alpha value is -0.650. The molecule has 0 aromatic rings. The maximum Gasteiger partial charge on any atom is 0.239 e. The van der Waals surface area contributed by atoms with Crippen molar-refractivity contribution in [2.24, 2.45) is 5.41 Å². The molecule has 108 valence electrons. The van der Waals surface area contributed by atoms with Crippen LogP contribution in [0, 0.1) is 5.41 Å². The number of likely N-dealkylation sites (tertiary alicyclic amines) is 1. The van der Waals surface area contributed by atoms with Crippen LogP contribution in [-0.2, 0) is 4.79 Å². The minimum Gasteiger partial charge on any atom is -0.391 e. The zero-order valence-corrected chi connectivity index (χ0v) is 11.8. The smallest absolute Gasteiger partial charge is 0.239 e. The molecule has 2 aliphatic heterocycles. The SMILES string of the molecule is C[C@@H]1NCCN(CCN2CCC3(CC3)[C@H](O)C2)C1=O. The molecule has 5 nitrogen and oxygen atoms in total. The quantitative estimate of drug-likeness (QED) is 0.734. The Bertz CT molecular complexity index is 357. The molecule has 0 aromatic carbocycles. The molecule has 1 saturated carbocycles. The summed E-state index contributed by atoms with van der Waals surface area (Å²) in [5.41, 5.74) is 0.274. The van der Waals surface area contributed by atoms with Crippen LogP contribution in [0.15, 0.2) is 0 Å². The number of rotatable bonds is 3. The number of nitrogens with zero attached hydrogens (tertiary/aromatic N) is 2. The highest BCUT2D eigenvalue weighted by Gasteiger charge is 2.51. The third kappa shape index (κ3) is 2.64. The van der Waals surface area contributed by atoms with Gasteiger partial charge in [-0.15, -0.1) is 0 Å². The molecule has 5 heteroatoms. The van der Waals surface area contributed by atoms with E-state index in [1.165, 1.54) is 12.8 Å². The minimum absolute atomic E-state index is 0.0459.